The third kappa shape index (κ3) is 3.87. The standard InChI is InChI=1S/C14H23N3O3S2/c1-3-15-11(2)10-16-14(18)12-6-4-8-17(12)22(19,20)13-7-5-9-21-13/h5,7,9,11-12,15H,3-4,6,8,10H2,1-2H3,(H,16,18)/t11-,12?/m1/s1. The fourth-order valence-electron chi connectivity index (χ4n) is 2.61. The molecule has 0 aliphatic carbocycles. The summed E-state index contributed by atoms with van der Waals surface area (Å²) in [6.45, 7) is 5.72. The van der Waals surface area contributed by atoms with Crippen molar-refractivity contribution in [2.45, 2.75) is 43.0 Å². The monoisotopic (exact) mass is 345 g/mol. The zero-order chi connectivity index (χ0) is 16.2. The van der Waals surface area contributed by atoms with Crippen molar-refractivity contribution in [3.8, 4) is 0 Å². The highest BCUT2D eigenvalue weighted by atomic mass is 32.2. The van der Waals surface area contributed by atoms with E-state index in [-0.39, 0.29) is 11.9 Å². The molecule has 0 radical (unpaired) electrons. The summed E-state index contributed by atoms with van der Waals surface area (Å²) in [4.78, 5) is 12.3. The first-order valence-corrected chi connectivity index (χ1v) is 9.85. The average Bonchev–Trinajstić information content (AvgIpc) is 3.15. The van der Waals surface area contributed by atoms with Gasteiger partial charge >= 0.3 is 0 Å². The molecule has 1 unspecified atom stereocenters. The molecule has 0 bridgehead atoms. The molecule has 2 heterocycles. The van der Waals surface area contributed by atoms with Gasteiger partial charge in [-0.15, -0.1) is 11.3 Å². The molecular formula is C14H23N3O3S2. The van der Waals surface area contributed by atoms with Gasteiger partial charge in [0.25, 0.3) is 10.0 Å². The number of hydrogen-bond acceptors (Lipinski definition) is 5. The van der Waals surface area contributed by atoms with Crippen molar-refractivity contribution in [2.75, 3.05) is 19.6 Å². The van der Waals surface area contributed by atoms with E-state index in [0.29, 0.717) is 30.1 Å². The molecule has 1 fully saturated rings. The molecule has 0 saturated carbocycles. The molecule has 6 nitrogen and oxygen atoms in total. The maximum absolute atomic E-state index is 12.6. The van der Waals surface area contributed by atoms with Crippen LogP contribution in [0, 0.1) is 0 Å². The molecule has 1 aliphatic rings. The van der Waals surface area contributed by atoms with E-state index >= 15 is 0 Å². The molecule has 2 N–H and O–H groups in total. The second kappa shape index (κ2) is 7.54. The Labute approximate surface area is 135 Å². The lowest BCUT2D eigenvalue weighted by atomic mass is 10.2. The van der Waals surface area contributed by atoms with E-state index in [9.17, 15) is 13.2 Å². The van der Waals surface area contributed by atoms with Crippen LogP contribution in [0.15, 0.2) is 21.7 Å². The first kappa shape index (κ1) is 17.4. The molecule has 0 aromatic carbocycles. The number of nitrogens with zero attached hydrogens (tertiary/aromatic N) is 1. The summed E-state index contributed by atoms with van der Waals surface area (Å²) in [6.07, 6.45) is 1.29. The summed E-state index contributed by atoms with van der Waals surface area (Å²) in [7, 11) is -3.56. The number of amides is 1. The number of likely N-dealkylation sites (N-methyl/N-ethyl adjacent to an activating group) is 1. The van der Waals surface area contributed by atoms with Gasteiger partial charge in [-0.25, -0.2) is 8.42 Å². The zero-order valence-corrected chi connectivity index (χ0v) is 14.5. The van der Waals surface area contributed by atoms with Gasteiger partial charge in [-0.3, -0.25) is 4.79 Å². The number of sulfonamides is 1. The quantitative estimate of drug-likeness (QED) is 0.773. The highest BCUT2D eigenvalue weighted by molar-refractivity contribution is 7.91. The Morgan fingerprint density at radius 1 is 1.55 bits per heavy atom. The first-order valence-electron chi connectivity index (χ1n) is 7.53. The van der Waals surface area contributed by atoms with E-state index in [1.165, 1.54) is 15.6 Å². The van der Waals surface area contributed by atoms with Crippen LogP contribution < -0.4 is 10.6 Å². The van der Waals surface area contributed by atoms with Gasteiger partial charge in [0, 0.05) is 19.1 Å². The number of carbonyl (C=O) groups excluding carboxylic acids is 1. The molecule has 124 valence electrons. The molecule has 1 aliphatic heterocycles. The van der Waals surface area contributed by atoms with Crippen molar-refractivity contribution in [3.05, 3.63) is 17.5 Å². The minimum Gasteiger partial charge on any atom is -0.353 e. The minimum absolute atomic E-state index is 0.165. The molecule has 1 saturated heterocycles. The second-order valence-corrected chi connectivity index (χ2v) is 8.47. The smallest absolute Gasteiger partial charge is 0.253 e. The summed E-state index contributed by atoms with van der Waals surface area (Å²) >= 11 is 1.18. The SMILES string of the molecule is CCN[C@H](C)CNC(=O)C1CCCN1S(=O)(=O)c1cccs1. The van der Waals surface area contributed by atoms with Crippen LogP contribution in [0.4, 0.5) is 0 Å². The summed E-state index contributed by atoms with van der Waals surface area (Å²) < 4.78 is 26.8. The molecule has 1 aromatic heterocycles. The third-order valence-electron chi connectivity index (χ3n) is 3.70. The lowest BCUT2D eigenvalue weighted by molar-refractivity contribution is -0.124. The lowest BCUT2D eigenvalue weighted by Crippen LogP contribution is -2.48. The molecule has 1 amide bonds. The Morgan fingerprint density at radius 2 is 2.32 bits per heavy atom. The van der Waals surface area contributed by atoms with Crippen LogP contribution in [0.25, 0.3) is 0 Å². The largest absolute Gasteiger partial charge is 0.353 e. The van der Waals surface area contributed by atoms with E-state index in [1.54, 1.807) is 17.5 Å². The highest BCUT2D eigenvalue weighted by Gasteiger charge is 2.39. The molecule has 0 spiro atoms. The molecule has 22 heavy (non-hydrogen) atoms. The van der Waals surface area contributed by atoms with Gasteiger partial charge in [0.15, 0.2) is 0 Å². The van der Waals surface area contributed by atoms with Gasteiger partial charge in [0.1, 0.15) is 10.3 Å². The minimum atomic E-state index is -3.56. The number of nitrogens with one attached hydrogen (secondary N) is 2. The van der Waals surface area contributed by atoms with Crippen LogP contribution in [0.3, 0.4) is 0 Å². The van der Waals surface area contributed by atoms with Gasteiger partial charge in [-0.2, -0.15) is 4.31 Å². The van der Waals surface area contributed by atoms with Crippen molar-refractivity contribution < 1.29 is 13.2 Å². The van der Waals surface area contributed by atoms with E-state index in [0.717, 1.165) is 6.54 Å². The van der Waals surface area contributed by atoms with Gasteiger partial charge in [-0.1, -0.05) is 13.0 Å². The van der Waals surface area contributed by atoms with Crippen LogP contribution in [0.5, 0.6) is 0 Å². The number of thiophene rings is 1. The van der Waals surface area contributed by atoms with E-state index < -0.39 is 16.1 Å². The summed E-state index contributed by atoms with van der Waals surface area (Å²) in [5.74, 6) is -0.206. The topological polar surface area (TPSA) is 78.5 Å². The van der Waals surface area contributed by atoms with Crippen molar-refractivity contribution in [3.63, 3.8) is 0 Å². The number of carbonyl (C=O) groups is 1. The van der Waals surface area contributed by atoms with Crippen LogP contribution in [0.2, 0.25) is 0 Å². The fraction of sp³-hybridized carbons (Fsp3) is 0.643. The van der Waals surface area contributed by atoms with E-state index in [2.05, 4.69) is 10.6 Å². The van der Waals surface area contributed by atoms with Gasteiger partial charge in [0.2, 0.25) is 5.91 Å². The van der Waals surface area contributed by atoms with Crippen molar-refractivity contribution in [1.29, 1.82) is 0 Å². The van der Waals surface area contributed by atoms with E-state index in [1.807, 2.05) is 13.8 Å². The van der Waals surface area contributed by atoms with Crippen molar-refractivity contribution in [2.24, 2.45) is 0 Å². The molecule has 2 atom stereocenters. The molecule has 8 heteroatoms. The Morgan fingerprint density at radius 3 is 2.95 bits per heavy atom. The third-order valence-corrected chi connectivity index (χ3v) is 6.98. The highest BCUT2D eigenvalue weighted by Crippen LogP contribution is 2.28. The van der Waals surface area contributed by atoms with E-state index in [4.69, 9.17) is 0 Å². The van der Waals surface area contributed by atoms with Crippen LogP contribution in [-0.2, 0) is 14.8 Å². The number of hydrogen-bond donors (Lipinski definition) is 2. The summed E-state index contributed by atoms with van der Waals surface area (Å²) in [6, 6.07) is 2.86. The maximum Gasteiger partial charge on any atom is 0.253 e. The second-order valence-electron chi connectivity index (χ2n) is 5.41. The van der Waals surface area contributed by atoms with Crippen molar-refractivity contribution in [1.82, 2.24) is 14.9 Å². The first-order chi connectivity index (χ1) is 10.5. The molecule has 2 rings (SSSR count). The predicted octanol–water partition coefficient (Wildman–Crippen LogP) is 1.02. The Kier molecular flexibility index (Phi) is 5.96. The average molecular weight is 345 g/mol. The molecule has 1 aromatic rings. The predicted molar refractivity (Wildman–Crippen MR) is 87.4 cm³/mol. The zero-order valence-electron chi connectivity index (χ0n) is 12.9. The van der Waals surface area contributed by atoms with Gasteiger partial charge in [-0.05, 0) is 37.8 Å². The summed E-state index contributed by atoms with van der Waals surface area (Å²) in [5.41, 5.74) is 0. The number of rotatable bonds is 7. The lowest BCUT2D eigenvalue weighted by Gasteiger charge is -2.23. The Balaban J connectivity index is 2.03. The van der Waals surface area contributed by atoms with Crippen LogP contribution >= 0.6 is 11.3 Å². The summed E-state index contributed by atoms with van der Waals surface area (Å²) in [5, 5.41) is 7.80. The van der Waals surface area contributed by atoms with Crippen LogP contribution in [0.1, 0.15) is 26.7 Å². The Hall–Kier alpha value is -0.960. The maximum atomic E-state index is 12.6. The van der Waals surface area contributed by atoms with Gasteiger partial charge in [0.05, 0.1) is 0 Å². The fourth-order valence-corrected chi connectivity index (χ4v) is 5.38. The molecular weight excluding hydrogens is 322 g/mol. The Bertz CT molecular complexity index is 586. The van der Waals surface area contributed by atoms with Gasteiger partial charge < -0.3 is 10.6 Å². The van der Waals surface area contributed by atoms with Crippen LogP contribution in [-0.4, -0.2) is 50.3 Å². The van der Waals surface area contributed by atoms with Crippen molar-refractivity contribution >= 4 is 27.3 Å². The normalized spacial score (nSPS) is 20.9.